The van der Waals surface area contributed by atoms with Gasteiger partial charge in [-0.3, -0.25) is 14.6 Å². The van der Waals surface area contributed by atoms with E-state index >= 15 is 0 Å². The molecule has 2 aromatic rings. The van der Waals surface area contributed by atoms with E-state index in [4.69, 9.17) is 4.74 Å². The number of hydrogen-bond acceptors (Lipinski definition) is 5. The third-order valence-corrected chi connectivity index (χ3v) is 3.73. The first-order valence-corrected chi connectivity index (χ1v) is 7.31. The minimum atomic E-state index is -0.881. The van der Waals surface area contributed by atoms with Gasteiger partial charge in [-0.05, 0) is 30.7 Å². The SMILES string of the molecule is Cc1cc(NC(=O)COC(=O)c2cc(O)[nH]c(=O)c2)ccc1Br. The first kappa shape index (κ1) is 16.8. The van der Waals surface area contributed by atoms with Crippen LogP contribution in [0.4, 0.5) is 5.69 Å². The van der Waals surface area contributed by atoms with Gasteiger partial charge in [-0.15, -0.1) is 0 Å². The number of esters is 1. The van der Waals surface area contributed by atoms with E-state index in [2.05, 4.69) is 26.2 Å². The molecule has 120 valence electrons. The Balaban J connectivity index is 1.94. The highest BCUT2D eigenvalue weighted by atomic mass is 79.9. The monoisotopic (exact) mass is 380 g/mol. The van der Waals surface area contributed by atoms with Gasteiger partial charge >= 0.3 is 5.97 Å². The number of H-pyrrole nitrogens is 1. The van der Waals surface area contributed by atoms with Crippen LogP contribution in [-0.4, -0.2) is 28.6 Å². The van der Waals surface area contributed by atoms with Gasteiger partial charge in [0.05, 0.1) is 5.56 Å². The highest BCUT2D eigenvalue weighted by Crippen LogP contribution is 2.19. The molecular formula is C15H13BrN2O5. The first-order valence-electron chi connectivity index (χ1n) is 6.51. The molecule has 0 aliphatic heterocycles. The smallest absolute Gasteiger partial charge is 0.339 e. The number of pyridine rings is 1. The van der Waals surface area contributed by atoms with Crippen molar-refractivity contribution in [2.45, 2.75) is 6.92 Å². The van der Waals surface area contributed by atoms with E-state index in [0.29, 0.717) is 5.69 Å². The minimum Gasteiger partial charge on any atom is -0.494 e. The highest BCUT2D eigenvalue weighted by molar-refractivity contribution is 9.10. The number of carbonyl (C=O) groups excluding carboxylic acids is 2. The second-order valence-electron chi connectivity index (χ2n) is 4.71. The summed E-state index contributed by atoms with van der Waals surface area (Å²) in [5, 5.41) is 11.8. The van der Waals surface area contributed by atoms with E-state index in [1.807, 2.05) is 6.92 Å². The van der Waals surface area contributed by atoms with Crippen LogP contribution < -0.4 is 10.9 Å². The molecule has 0 unspecified atom stereocenters. The fourth-order valence-corrected chi connectivity index (χ4v) is 2.03. The van der Waals surface area contributed by atoms with Crippen LogP contribution in [0.25, 0.3) is 0 Å². The van der Waals surface area contributed by atoms with E-state index in [-0.39, 0.29) is 5.56 Å². The van der Waals surface area contributed by atoms with Gasteiger partial charge in [-0.2, -0.15) is 0 Å². The zero-order valence-corrected chi connectivity index (χ0v) is 13.6. The van der Waals surface area contributed by atoms with Gasteiger partial charge in [0, 0.05) is 22.3 Å². The number of carbonyl (C=O) groups is 2. The van der Waals surface area contributed by atoms with Gasteiger partial charge in [-0.1, -0.05) is 15.9 Å². The van der Waals surface area contributed by atoms with Gasteiger partial charge < -0.3 is 15.2 Å². The quantitative estimate of drug-likeness (QED) is 0.702. The molecule has 1 aromatic carbocycles. The van der Waals surface area contributed by atoms with Gasteiger partial charge in [0.1, 0.15) is 0 Å². The first-order chi connectivity index (χ1) is 10.8. The summed E-state index contributed by atoms with van der Waals surface area (Å²) in [7, 11) is 0. The molecule has 0 atom stereocenters. The number of aromatic nitrogens is 1. The van der Waals surface area contributed by atoms with Crippen LogP contribution in [0.15, 0.2) is 39.6 Å². The summed E-state index contributed by atoms with van der Waals surface area (Å²) in [6.07, 6.45) is 0. The Morgan fingerprint density at radius 3 is 2.70 bits per heavy atom. The fraction of sp³-hybridized carbons (Fsp3) is 0.133. The summed E-state index contributed by atoms with van der Waals surface area (Å²) in [5.41, 5.74) is 0.726. The van der Waals surface area contributed by atoms with Crippen molar-refractivity contribution >= 4 is 33.5 Å². The number of amides is 1. The number of aryl methyl sites for hydroxylation is 1. The predicted molar refractivity (Wildman–Crippen MR) is 86.5 cm³/mol. The van der Waals surface area contributed by atoms with Crippen molar-refractivity contribution in [3.63, 3.8) is 0 Å². The van der Waals surface area contributed by atoms with Crippen molar-refractivity contribution in [3.8, 4) is 5.88 Å². The molecule has 0 spiro atoms. The molecule has 7 nitrogen and oxygen atoms in total. The Morgan fingerprint density at radius 2 is 2.04 bits per heavy atom. The minimum absolute atomic E-state index is 0.140. The molecule has 0 saturated carbocycles. The molecule has 2 rings (SSSR count). The topological polar surface area (TPSA) is 108 Å². The van der Waals surface area contributed by atoms with Crippen molar-refractivity contribution in [2.75, 3.05) is 11.9 Å². The van der Waals surface area contributed by atoms with Gasteiger partial charge in [-0.25, -0.2) is 4.79 Å². The van der Waals surface area contributed by atoms with Crippen molar-refractivity contribution < 1.29 is 19.4 Å². The largest absolute Gasteiger partial charge is 0.494 e. The Kier molecular flexibility index (Phi) is 5.17. The van der Waals surface area contributed by atoms with E-state index < -0.39 is 29.9 Å². The lowest BCUT2D eigenvalue weighted by Gasteiger charge is -2.08. The maximum atomic E-state index is 11.8. The lowest BCUT2D eigenvalue weighted by molar-refractivity contribution is -0.119. The molecule has 0 radical (unpaired) electrons. The van der Waals surface area contributed by atoms with Crippen LogP contribution in [0.3, 0.4) is 0 Å². The van der Waals surface area contributed by atoms with E-state index in [0.717, 1.165) is 22.2 Å². The standard InChI is InChI=1S/C15H13BrN2O5/c1-8-4-10(2-3-11(8)16)17-14(21)7-23-15(22)9-5-12(19)18-13(20)6-9/h2-6H,7H2,1H3,(H,17,21)(H2,18,19,20). The average Bonchev–Trinajstić information content (AvgIpc) is 2.47. The summed E-state index contributed by atoms with van der Waals surface area (Å²) < 4.78 is 5.71. The number of nitrogens with one attached hydrogen (secondary N) is 2. The van der Waals surface area contributed by atoms with Crippen molar-refractivity contribution in [2.24, 2.45) is 0 Å². The number of ether oxygens (including phenoxy) is 1. The Bertz CT molecular complexity index is 816. The molecule has 1 heterocycles. The summed E-state index contributed by atoms with van der Waals surface area (Å²) in [6.45, 7) is 1.36. The maximum absolute atomic E-state index is 11.8. The van der Waals surface area contributed by atoms with Crippen LogP contribution in [-0.2, 0) is 9.53 Å². The molecule has 8 heteroatoms. The third kappa shape index (κ3) is 4.68. The number of halogens is 1. The fourth-order valence-electron chi connectivity index (χ4n) is 1.78. The van der Waals surface area contributed by atoms with Crippen LogP contribution in [0.1, 0.15) is 15.9 Å². The molecular weight excluding hydrogens is 368 g/mol. The van der Waals surface area contributed by atoms with E-state index in [9.17, 15) is 19.5 Å². The number of anilines is 1. The molecule has 23 heavy (non-hydrogen) atoms. The lowest BCUT2D eigenvalue weighted by atomic mass is 10.2. The summed E-state index contributed by atoms with van der Waals surface area (Å²) in [6, 6.07) is 7.26. The number of hydrogen-bond donors (Lipinski definition) is 3. The normalized spacial score (nSPS) is 10.2. The summed E-state index contributed by atoms with van der Waals surface area (Å²) in [4.78, 5) is 36.7. The van der Waals surface area contributed by atoms with Crippen molar-refractivity contribution in [3.05, 3.63) is 56.3 Å². The second-order valence-corrected chi connectivity index (χ2v) is 5.56. The predicted octanol–water partition coefficient (Wildman–Crippen LogP) is 1.95. The van der Waals surface area contributed by atoms with Crippen LogP contribution >= 0.6 is 15.9 Å². The van der Waals surface area contributed by atoms with E-state index in [1.54, 1.807) is 18.2 Å². The van der Waals surface area contributed by atoms with Gasteiger partial charge in [0.25, 0.3) is 11.5 Å². The van der Waals surface area contributed by atoms with E-state index in [1.165, 1.54) is 0 Å². The molecule has 1 aromatic heterocycles. The second kappa shape index (κ2) is 7.10. The maximum Gasteiger partial charge on any atom is 0.339 e. The Morgan fingerprint density at radius 1 is 1.30 bits per heavy atom. The van der Waals surface area contributed by atoms with Gasteiger partial charge in [0.15, 0.2) is 12.5 Å². The molecule has 0 fully saturated rings. The van der Waals surface area contributed by atoms with Crippen LogP contribution in [0.2, 0.25) is 0 Å². The van der Waals surface area contributed by atoms with Crippen LogP contribution in [0.5, 0.6) is 5.88 Å². The molecule has 3 N–H and O–H groups in total. The van der Waals surface area contributed by atoms with Crippen LogP contribution in [0, 0.1) is 6.92 Å². The highest BCUT2D eigenvalue weighted by Gasteiger charge is 2.12. The molecule has 0 saturated heterocycles. The molecule has 0 aliphatic rings. The molecule has 1 amide bonds. The zero-order valence-electron chi connectivity index (χ0n) is 12.1. The Labute approximate surface area is 139 Å². The average molecular weight is 381 g/mol. The van der Waals surface area contributed by atoms with Gasteiger partial charge in [0.2, 0.25) is 0 Å². The van der Waals surface area contributed by atoms with Crippen molar-refractivity contribution in [1.82, 2.24) is 4.98 Å². The third-order valence-electron chi connectivity index (χ3n) is 2.84. The summed E-state index contributed by atoms with van der Waals surface area (Å²) in [5.74, 6) is -1.86. The Hall–Kier alpha value is -2.61. The number of benzene rings is 1. The number of aromatic hydroxyl groups is 1. The number of aromatic amines is 1. The lowest BCUT2D eigenvalue weighted by Crippen LogP contribution is -2.21. The molecule has 0 bridgehead atoms. The number of rotatable bonds is 4. The summed E-state index contributed by atoms with van der Waals surface area (Å²) >= 11 is 3.35. The zero-order chi connectivity index (χ0) is 17.0. The van der Waals surface area contributed by atoms with Crippen molar-refractivity contribution in [1.29, 1.82) is 0 Å². The molecule has 0 aliphatic carbocycles.